The molecule has 0 aliphatic heterocycles. The van der Waals surface area contributed by atoms with Crippen LogP contribution in [0.4, 0.5) is 11.4 Å². The number of carboxylic acid groups (broad SMARTS) is 1. The van der Waals surface area contributed by atoms with Crippen molar-refractivity contribution >= 4 is 69.1 Å². The van der Waals surface area contributed by atoms with Crippen LogP contribution in [0.5, 0.6) is 5.75 Å². The molecular weight excluding hydrogens is 633 g/mol. The van der Waals surface area contributed by atoms with Gasteiger partial charge in [0.25, 0.3) is 11.5 Å². The Hall–Kier alpha value is -5.18. The number of hydrogen-bond donors (Lipinski definition) is 5. The lowest BCUT2D eigenvalue weighted by molar-refractivity contribution is -0.123. The molecule has 14 nitrogen and oxygen atoms in total. The summed E-state index contributed by atoms with van der Waals surface area (Å²) in [5, 5.41) is 20.2. The van der Waals surface area contributed by atoms with Gasteiger partial charge in [-0.1, -0.05) is 13.8 Å². The Labute approximate surface area is 273 Å². The van der Waals surface area contributed by atoms with Gasteiger partial charge >= 0.3 is 11.7 Å². The van der Waals surface area contributed by atoms with Gasteiger partial charge in [0.05, 0.1) is 16.4 Å². The number of aromatic carboxylic acids is 1. The standard InChI is InChI=1S/C30H32N8O6S2/c1-3-11-37-26-24(27(40)38(12-4-2)30(37)43)35-25(36-26)18-5-7-22(8-6-18)44-16-23(39)31-9-10-32-29(46)34-21-14-19(28(41)42)13-20(15-21)33-17-45/h5-8,13-15H,3-4,9-12,16H2,1-2H3,(H,31,39)(H,35,36)(H,41,42)(H2,32,34,46). The summed E-state index contributed by atoms with van der Waals surface area (Å²) in [6.07, 6.45) is 1.36. The molecule has 0 saturated heterocycles. The number of ether oxygens (including phenoxy) is 1. The number of imidazole rings is 1. The van der Waals surface area contributed by atoms with E-state index in [4.69, 9.17) is 17.0 Å². The fourth-order valence-electron chi connectivity index (χ4n) is 4.54. The molecule has 0 spiro atoms. The maximum Gasteiger partial charge on any atom is 0.335 e. The second-order valence-electron chi connectivity index (χ2n) is 10.00. The Balaban J connectivity index is 1.28. The number of isothiocyanates is 1. The van der Waals surface area contributed by atoms with Gasteiger partial charge in [-0.2, -0.15) is 4.99 Å². The molecule has 0 aliphatic rings. The Morgan fingerprint density at radius 2 is 1.74 bits per heavy atom. The number of aryl methyl sites for hydroxylation is 1. The average molecular weight is 665 g/mol. The molecule has 0 bridgehead atoms. The number of carboxylic acids is 1. The number of benzene rings is 2. The molecule has 4 aromatic rings. The minimum atomic E-state index is -1.13. The number of carbonyl (C=O) groups is 2. The lowest BCUT2D eigenvalue weighted by Gasteiger charge is -2.12. The van der Waals surface area contributed by atoms with Gasteiger partial charge in [0, 0.05) is 37.4 Å². The largest absolute Gasteiger partial charge is 0.484 e. The molecule has 5 N–H and O–H groups in total. The molecule has 0 radical (unpaired) electrons. The molecular formula is C30H32N8O6S2. The van der Waals surface area contributed by atoms with Crippen LogP contribution in [-0.4, -0.2) is 66.1 Å². The van der Waals surface area contributed by atoms with Gasteiger partial charge < -0.3 is 30.8 Å². The van der Waals surface area contributed by atoms with Gasteiger partial charge in [0.15, 0.2) is 17.4 Å². The monoisotopic (exact) mass is 664 g/mol. The molecule has 16 heteroatoms. The predicted octanol–water partition coefficient (Wildman–Crippen LogP) is 3.29. The van der Waals surface area contributed by atoms with E-state index in [1.807, 2.05) is 13.8 Å². The normalized spacial score (nSPS) is 10.7. The number of aromatic amines is 1. The lowest BCUT2D eigenvalue weighted by Crippen LogP contribution is -2.40. The van der Waals surface area contributed by atoms with Crippen molar-refractivity contribution in [1.82, 2.24) is 29.7 Å². The first-order chi connectivity index (χ1) is 22.1. The summed E-state index contributed by atoms with van der Waals surface area (Å²) in [4.78, 5) is 61.0. The first-order valence-electron chi connectivity index (χ1n) is 14.4. The summed E-state index contributed by atoms with van der Waals surface area (Å²) in [6, 6.07) is 11.2. The molecule has 0 fully saturated rings. The smallest absolute Gasteiger partial charge is 0.335 e. The highest BCUT2D eigenvalue weighted by molar-refractivity contribution is 7.80. The van der Waals surface area contributed by atoms with E-state index in [-0.39, 0.29) is 40.9 Å². The number of aliphatic imine (C=N–C) groups is 1. The van der Waals surface area contributed by atoms with E-state index in [9.17, 15) is 24.3 Å². The minimum absolute atomic E-state index is 0.00479. The van der Waals surface area contributed by atoms with E-state index in [0.29, 0.717) is 66.6 Å². The second kappa shape index (κ2) is 15.7. The van der Waals surface area contributed by atoms with Crippen molar-refractivity contribution in [2.24, 2.45) is 4.99 Å². The number of carbonyl (C=O) groups excluding carboxylic acids is 1. The Morgan fingerprint density at radius 3 is 2.41 bits per heavy atom. The highest BCUT2D eigenvalue weighted by atomic mass is 32.1. The average Bonchev–Trinajstić information content (AvgIpc) is 3.48. The SMILES string of the molecule is CCCn1c(=O)c2[nH]c(-c3ccc(OCC(=O)NCCNC(=S)Nc4cc(N=C=S)cc(C(=O)O)c4)cc3)nc2n(CCC)c1=O. The zero-order valence-electron chi connectivity index (χ0n) is 25.1. The molecule has 240 valence electrons. The number of rotatable bonds is 14. The Bertz CT molecular complexity index is 1910. The molecule has 2 aromatic heterocycles. The Morgan fingerprint density at radius 1 is 1.04 bits per heavy atom. The first-order valence-corrected chi connectivity index (χ1v) is 15.2. The van der Waals surface area contributed by atoms with Crippen molar-refractivity contribution < 1.29 is 19.4 Å². The zero-order chi connectivity index (χ0) is 33.2. The van der Waals surface area contributed by atoms with Crippen LogP contribution in [0, 0.1) is 0 Å². The third-order valence-electron chi connectivity index (χ3n) is 6.58. The number of aromatic nitrogens is 4. The highest BCUT2D eigenvalue weighted by Crippen LogP contribution is 2.23. The number of nitrogens with zero attached hydrogens (tertiary/aromatic N) is 4. The van der Waals surface area contributed by atoms with Crippen LogP contribution in [0.3, 0.4) is 0 Å². The summed E-state index contributed by atoms with van der Waals surface area (Å²) >= 11 is 9.83. The van der Waals surface area contributed by atoms with Crippen molar-refractivity contribution in [2.75, 3.05) is 25.0 Å². The summed E-state index contributed by atoms with van der Waals surface area (Å²) < 4.78 is 8.36. The van der Waals surface area contributed by atoms with E-state index in [2.05, 4.69) is 48.3 Å². The Kier molecular flexibility index (Phi) is 11.5. The van der Waals surface area contributed by atoms with E-state index < -0.39 is 11.5 Å². The van der Waals surface area contributed by atoms with Gasteiger partial charge in [-0.15, -0.1) is 0 Å². The molecule has 0 atom stereocenters. The molecule has 0 unspecified atom stereocenters. The molecule has 0 aliphatic carbocycles. The number of anilines is 1. The fraction of sp³-hybridized carbons (Fsp3) is 0.300. The van der Waals surface area contributed by atoms with Crippen molar-refractivity contribution in [3.05, 3.63) is 68.9 Å². The molecule has 4 rings (SSSR count). The van der Waals surface area contributed by atoms with Crippen LogP contribution >= 0.6 is 24.4 Å². The maximum absolute atomic E-state index is 13.0. The zero-order valence-corrected chi connectivity index (χ0v) is 26.7. The number of hydrogen-bond acceptors (Lipinski definition) is 9. The number of amides is 1. The van der Waals surface area contributed by atoms with Crippen LogP contribution in [0.25, 0.3) is 22.6 Å². The third kappa shape index (κ3) is 8.29. The van der Waals surface area contributed by atoms with Crippen molar-refractivity contribution in [2.45, 2.75) is 39.8 Å². The van der Waals surface area contributed by atoms with E-state index in [1.54, 1.807) is 30.3 Å². The van der Waals surface area contributed by atoms with E-state index >= 15 is 0 Å². The number of nitrogens with one attached hydrogen (secondary N) is 4. The topological polar surface area (TPSA) is 185 Å². The number of H-pyrrole nitrogens is 1. The first kappa shape index (κ1) is 33.7. The van der Waals surface area contributed by atoms with Crippen molar-refractivity contribution in [3.8, 4) is 17.1 Å². The van der Waals surface area contributed by atoms with Gasteiger partial charge in [0.2, 0.25) is 0 Å². The fourth-order valence-corrected chi connectivity index (χ4v) is 4.86. The van der Waals surface area contributed by atoms with Crippen LogP contribution in [0.1, 0.15) is 37.0 Å². The van der Waals surface area contributed by atoms with Gasteiger partial charge in [-0.25, -0.2) is 14.6 Å². The van der Waals surface area contributed by atoms with E-state index in [1.165, 1.54) is 21.3 Å². The van der Waals surface area contributed by atoms with Crippen LogP contribution in [0.15, 0.2) is 57.0 Å². The van der Waals surface area contributed by atoms with E-state index in [0.717, 1.165) is 0 Å². The number of fused-ring (bicyclic) bond motifs is 1. The third-order valence-corrected chi connectivity index (χ3v) is 6.92. The second-order valence-corrected chi connectivity index (χ2v) is 10.6. The molecule has 46 heavy (non-hydrogen) atoms. The molecule has 2 heterocycles. The summed E-state index contributed by atoms with van der Waals surface area (Å²) in [6.45, 7) is 4.93. The predicted molar refractivity (Wildman–Crippen MR) is 181 cm³/mol. The number of thiocarbonyl (C=S) groups is 2. The van der Waals surface area contributed by atoms with Gasteiger partial charge in [0.1, 0.15) is 17.1 Å². The highest BCUT2D eigenvalue weighted by Gasteiger charge is 2.17. The summed E-state index contributed by atoms with van der Waals surface area (Å²) in [5.41, 5.74) is 1.23. The summed E-state index contributed by atoms with van der Waals surface area (Å²) in [7, 11) is 0. The molecule has 2 aromatic carbocycles. The van der Waals surface area contributed by atoms with Gasteiger partial charge in [-0.05, 0) is 79.7 Å². The van der Waals surface area contributed by atoms with Crippen molar-refractivity contribution in [1.29, 1.82) is 0 Å². The van der Waals surface area contributed by atoms with Crippen LogP contribution in [-0.2, 0) is 17.9 Å². The van der Waals surface area contributed by atoms with Crippen LogP contribution in [0.2, 0.25) is 0 Å². The summed E-state index contributed by atoms with van der Waals surface area (Å²) in [5.74, 6) is -0.591. The molecule has 0 saturated carbocycles. The maximum atomic E-state index is 13.0. The minimum Gasteiger partial charge on any atom is -0.484 e. The van der Waals surface area contributed by atoms with Crippen LogP contribution < -0.4 is 31.9 Å². The van der Waals surface area contributed by atoms with Gasteiger partial charge in [-0.3, -0.25) is 18.7 Å². The van der Waals surface area contributed by atoms with Crippen molar-refractivity contribution in [3.63, 3.8) is 0 Å². The molecule has 1 amide bonds. The quantitative estimate of drug-likeness (QED) is 0.0757. The lowest BCUT2D eigenvalue weighted by atomic mass is 10.2.